The van der Waals surface area contributed by atoms with Crippen molar-refractivity contribution >= 4 is 0 Å². The quantitative estimate of drug-likeness (QED) is 0.607. The van der Waals surface area contributed by atoms with E-state index in [-0.39, 0.29) is 5.60 Å². The Bertz CT molecular complexity index is 242. The van der Waals surface area contributed by atoms with E-state index in [0.717, 1.165) is 6.42 Å². The van der Waals surface area contributed by atoms with Gasteiger partial charge in [-0.25, -0.2) is 0 Å². The zero-order chi connectivity index (χ0) is 9.16. The van der Waals surface area contributed by atoms with E-state index in [2.05, 4.69) is 6.92 Å². The molecular formula is C12H20O. The molecule has 1 N–H and O–H groups in total. The SMILES string of the molecule is C[C@@]1(O)CC[C@]23CCCCC[C@]21C3. The largest absolute Gasteiger partial charge is 0.390 e. The molecule has 0 aliphatic heterocycles. The van der Waals surface area contributed by atoms with Crippen LogP contribution >= 0.6 is 0 Å². The third kappa shape index (κ3) is 0.782. The minimum Gasteiger partial charge on any atom is -0.390 e. The third-order valence-corrected chi connectivity index (χ3v) is 5.41. The Balaban J connectivity index is 1.97. The van der Waals surface area contributed by atoms with E-state index < -0.39 is 0 Å². The van der Waals surface area contributed by atoms with Crippen LogP contribution in [0.25, 0.3) is 0 Å². The van der Waals surface area contributed by atoms with Crippen LogP contribution in [0.3, 0.4) is 0 Å². The first-order valence-electron chi connectivity index (χ1n) is 5.84. The predicted molar refractivity (Wildman–Crippen MR) is 52.4 cm³/mol. The van der Waals surface area contributed by atoms with Gasteiger partial charge < -0.3 is 5.11 Å². The van der Waals surface area contributed by atoms with Crippen LogP contribution in [0.5, 0.6) is 0 Å². The molecule has 0 radical (unpaired) electrons. The molecule has 3 saturated carbocycles. The van der Waals surface area contributed by atoms with Gasteiger partial charge in [0.25, 0.3) is 0 Å². The normalized spacial score (nSPS) is 59.5. The number of hydrogen-bond acceptors (Lipinski definition) is 1. The van der Waals surface area contributed by atoms with E-state index in [0.29, 0.717) is 10.8 Å². The van der Waals surface area contributed by atoms with Gasteiger partial charge in [-0.05, 0) is 44.4 Å². The van der Waals surface area contributed by atoms with Gasteiger partial charge in [-0.15, -0.1) is 0 Å². The lowest BCUT2D eigenvalue weighted by molar-refractivity contribution is -0.0128. The molecule has 0 aromatic carbocycles. The molecule has 0 unspecified atom stereocenters. The minimum atomic E-state index is -0.322. The van der Waals surface area contributed by atoms with Gasteiger partial charge >= 0.3 is 0 Å². The second-order valence-electron chi connectivity index (χ2n) is 5.87. The Morgan fingerprint density at radius 3 is 2.54 bits per heavy atom. The van der Waals surface area contributed by atoms with Crippen molar-refractivity contribution in [3.8, 4) is 0 Å². The standard InChI is InChI=1S/C12H20O/c1-10(13)7-8-11-5-3-2-4-6-12(10,11)9-11/h13H,2-9H2,1H3/t10-,11+,12-/m1/s1. The van der Waals surface area contributed by atoms with Crippen LogP contribution in [-0.4, -0.2) is 10.7 Å². The van der Waals surface area contributed by atoms with Crippen LogP contribution < -0.4 is 0 Å². The summed E-state index contributed by atoms with van der Waals surface area (Å²) in [5.41, 5.74) is 0.654. The molecular weight excluding hydrogens is 160 g/mol. The molecule has 0 saturated heterocycles. The van der Waals surface area contributed by atoms with Gasteiger partial charge in [0.1, 0.15) is 0 Å². The predicted octanol–water partition coefficient (Wildman–Crippen LogP) is 2.87. The number of hydrogen-bond donors (Lipinski definition) is 1. The molecule has 0 heterocycles. The molecule has 74 valence electrons. The molecule has 0 bridgehead atoms. The van der Waals surface area contributed by atoms with Crippen molar-refractivity contribution in [2.24, 2.45) is 10.8 Å². The van der Waals surface area contributed by atoms with Gasteiger partial charge in [-0.2, -0.15) is 0 Å². The van der Waals surface area contributed by atoms with Crippen LogP contribution in [0.2, 0.25) is 0 Å². The van der Waals surface area contributed by atoms with Crippen LogP contribution in [0, 0.1) is 10.8 Å². The molecule has 3 aliphatic rings. The van der Waals surface area contributed by atoms with Crippen LogP contribution in [0.1, 0.15) is 58.3 Å². The molecule has 3 aliphatic carbocycles. The van der Waals surface area contributed by atoms with Gasteiger partial charge in [0.05, 0.1) is 5.60 Å². The highest BCUT2D eigenvalue weighted by Gasteiger charge is 2.76. The maximum atomic E-state index is 10.4. The van der Waals surface area contributed by atoms with E-state index in [4.69, 9.17) is 0 Å². The zero-order valence-corrected chi connectivity index (χ0v) is 8.60. The monoisotopic (exact) mass is 180 g/mol. The molecule has 0 aromatic heterocycles. The fourth-order valence-electron chi connectivity index (χ4n) is 4.49. The topological polar surface area (TPSA) is 20.2 Å². The summed E-state index contributed by atoms with van der Waals surface area (Å²) in [6.07, 6.45) is 10.6. The lowest BCUT2D eigenvalue weighted by atomic mass is 9.82. The fourth-order valence-corrected chi connectivity index (χ4v) is 4.49. The summed E-state index contributed by atoms with van der Waals surface area (Å²) in [5, 5.41) is 10.4. The fraction of sp³-hybridized carbons (Fsp3) is 1.00. The van der Waals surface area contributed by atoms with Crippen LogP contribution in [-0.2, 0) is 0 Å². The van der Waals surface area contributed by atoms with E-state index in [9.17, 15) is 5.11 Å². The highest BCUT2D eigenvalue weighted by molar-refractivity contribution is 5.26. The smallest absolute Gasteiger partial charge is 0.0681 e. The Morgan fingerprint density at radius 2 is 1.69 bits per heavy atom. The molecule has 0 spiro atoms. The van der Waals surface area contributed by atoms with Gasteiger partial charge in [0.2, 0.25) is 0 Å². The van der Waals surface area contributed by atoms with Crippen molar-refractivity contribution in [3.63, 3.8) is 0 Å². The molecule has 0 amide bonds. The Hall–Kier alpha value is -0.0400. The van der Waals surface area contributed by atoms with E-state index in [1.807, 2.05) is 0 Å². The first kappa shape index (κ1) is 8.28. The minimum absolute atomic E-state index is 0.322. The van der Waals surface area contributed by atoms with Crippen LogP contribution in [0.4, 0.5) is 0 Å². The molecule has 3 fully saturated rings. The van der Waals surface area contributed by atoms with Crippen molar-refractivity contribution in [3.05, 3.63) is 0 Å². The summed E-state index contributed by atoms with van der Waals surface area (Å²) >= 11 is 0. The highest BCUT2D eigenvalue weighted by atomic mass is 16.3. The van der Waals surface area contributed by atoms with Crippen molar-refractivity contribution < 1.29 is 5.11 Å². The lowest BCUT2D eigenvalue weighted by Gasteiger charge is -2.30. The molecule has 3 atom stereocenters. The molecule has 3 rings (SSSR count). The van der Waals surface area contributed by atoms with E-state index >= 15 is 0 Å². The zero-order valence-electron chi connectivity index (χ0n) is 8.60. The third-order valence-electron chi connectivity index (χ3n) is 5.41. The maximum Gasteiger partial charge on any atom is 0.0681 e. The van der Waals surface area contributed by atoms with Gasteiger partial charge in [0, 0.05) is 5.41 Å². The average Bonchev–Trinajstić information content (AvgIpc) is 2.66. The molecule has 0 aromatic rings. The van der Waals surface area contributed by atoms with Crippen LogP contribution in [0.15, 0.2) is 0 Å². The number of aliphatic hydroxyl groups is 1. The van der Waals surface area contributed by atoms with Crippen molar-refractivity contribution in [2.75, 3.05) is 0 Å². The van der Waals surface area contributed by atoms with Crippen molar-refractivity contribution in [2.45, 2.75) is 63.9 Å². The van der Waals surface area contributed by atoms with Crippen molar-refractivity contribution in [1.82, 2.24) is 0 Å². The first-order chi connectivity index (χ1) is 6.12. The second-order valence-corrected chi connectivity index (χ2v) is 5.87. The summed E-state index contributed by atoms with van der Waals surface area (Å²) in [5.74, 6) is 0. The van der Waals surface area contributed by atoms with Gasteiger partial charge in [-0.1, -0.05) is 19.3 Å². The summed E-state index contributed by atoms with van der Waals surface area (Å²) in [7, 11) is 0. The van der Waals surface area contributed by atoms with Gasteiger partial charge in [0.15, 0.2) is 0 Å². The van der Waals surface area contributed by atoms with Crippen molar-refractivity contribution in [1.29, 1.82) is 0 Å². The summed E-state index contributed by atoms with van der Waals surface area (Å²) in [6.45, 7) is 2.09. The Kier molecular flexibility index (Phi) is 1.36. The highest BCUT2D eigenvalue weighted by Crippen LogP contribution is 2.81. The van der Waals surface area contributed by atoms with Gasteiger partial charge in [-0.3, -0.25) is 0 Å². The first-order valence-corrected chi connectivity index (χ1v) is 5.84. The average molecular weight is 180 g/mol. The second kappa shape index (κ2) is 2.13. The number of rotatable bonds is 0. The Morgan fingerprint density at radius 1 is 0.923 bits per heavy atom. The molecule has 13 heavy (non-hydrogen) atoms. The summed E-state index contributed by atoms with van der Waals surface area (Å²) < 4.78 is 0. The maximum absolute atomic E-state index is 10.4. The lowest BCUT2D eigenvalue weighted by Crippen LogP contribution is -2.34. The van der Waals surface area contributed by atoms with E-state index in [1.54, 1.807) is 0 Å². The molecule has 1 heteroatoms. The van der Waals surface area contributed by atoms with E-state index in [1.165, 1.54) is 44.9 Å². The summed E-state index contributed by atoms with van der Waals surface area (Å²) in [6, 6.07) is 0. The summed E-state index contributed by atoms with van der Waals surface area (Å²) in [4.78, 5) is 0. The molecule has 1 nitrogen and oxygen atoms in total. The Labute approximate surface area is 80.5 Å².